The fourth-order valence-corrected chi connectivity index (χ4v) is 1.63. The van der Waals surface area contributed by atoms with Crippen molar-refractivity contribution in [2.75, 3.05) is 11.9 Å². The second-order valence-electron chi connectivity index (χ2n) is 4.26. The maximum atomic E-state index is 10.5. The lowest BCUT2D eigenvalue weighted by atomic mass is 10.1. The molecule has 18 heavy (non-hydrogen) atoms. The smallest absolute Gasteiger partial charge is 0.303 e. The van der Waals surface area contributed by atoms with Crippen LogP contribution in [-0.2, 0) is 4.79 Å². The summed E-state index contributed by atoms with van der Waals surface area (Å²) in [6.07, 6.45) is 5.87. The number of carbonyl (C=O) groups is 1. The van der Waals surface area contributed by atoms with Crippen LogP contribution in [0.1, 0.15) is 19.8 Å². The highest BCUT2D eigenvalue weighted by Crippen LogP contribution is 2.12. The van der Waals surface area contributed by atoms with Gasteiger partial charge in [-0.2, -0.15) is 0 Å². The monoisotopic (exact) mass is 249 g/mol. The van der Waals surface area contributed by atoms with Gasteiger partial charge < -0.3 is 10.4 Å². The van der Waals surface area contributed by atoms with E-state index < -0.39 is 5.97 Å². The van der Waals surface area contributed by atoms with Crippen LogP contribution in [0.15, 0.2) is 18.7 Å². The van der Waals surface area contributed by atoms with Crippen molar-refractivity contribution < 1.29 is 9.90 Å². The first kappa shape index (κ1) is 12.3. The Morgan fingerprint density at radius 1 is 1.61 bits per heavy atom. The van der Waals surface area contributed by atoms with E-state index in [1.54, 1.807) is 23.1 Å². The number of aromatic nitrogens is 4. The molecule has 0 saturated heterocycles. The number of nitrogens with zero attached hydrogens (tertiary/aromatic N) is 4. The molecule has 2 heterocycles. The Balaban J connectivity index is 1.93. The molecule has 0 spiro atoms. The quantitative estimate of drug-likeness (QED) is 0.794. The van der Waals surface area contributed by atoms with Crippen LogP contribution >= 0.6 is 0 Å². The lowest BCUT2D eigenvalue weighted by Crippen LogP contribution is -2.14. The van der Waals surface area contributed by atoms with Gasteiger partial charge in [-0.25, -0.2) is 4.98 Å². The Labute approximate surface area is 104 Å². The molecular formula is C11H15N5O2. The van der Waals surface area contributed by atoms with Crippen LogP contribution in [0.25, 0.3) is 5.65 Å². The Hall–Kier alpha value is -2.18. The Kier molecular flexibility index (Phi) is 3.71. The summed E-state index contributed by atoms with van der Waals surface area (Å²) in [5, 5.41) is 19.5. The second kappa shape index (κ2) is 5.44. The molecule has 2 N–H and O–H groups in total. The minimum Gasteiger partial charge on any atom is -0.481 e. The van der Waals surface area contributed by atoms with Gasteiger partial charge in [0, 0.05) is 25.4 Å². The zero-order valence-electron chi connectivity index (χ0n) is 10.1. The fraction of sp³-hybridized carbons (Fsp3) is 0.455. The van der Waals surface area contributed by atoms with Crippen LogP contribution < -0.4 is 5.32 Å². The molecule has 7 heteroatoms. The number of carboxylic acids is 1. The molecule has 0 amide bonds. The average molecular weight is 249 g/mol. The molecule has 2 rings (SSSR count). The normalized spacial score (nSPS) is 12.5. The molecule has 96 valence electrons. The van der Waals surface area contributed by atoms with Crippen molar-refractivity contribution in [2.45, 2.75) is 19.8 Å². The van der Waals surface area contributed by atoms with Crippen molar-refractivity contribution >= 4 is 17.4 Å². The first-order valence-electron chi connectivity index (χ1n) is 5.77. The molecule has 0 aromatic carbocycles. The Morgan fingerprint density at radius 2 is 2.44 bits per heavy atom. The van der Waals surface area contributed by atoms with E-state index in [-0.39, 0.29) is 12.3 Å². The number of hydrogen-bond donors (Lipinski definition) is 2. The summed E-state index contributed by atoms with van der Waals surface area (Å²) < 4.78 is 1.78. The van der Waals surface area contributed by atoms with Gasteiger partial charge in [0.2, 0.25) is 5.65 Å². The van der Waals surface area contributed by atoms with Crippen molar-refractivity contribution in [2.24, 2.45) is 5.92 Å². The molecule has 0 bridgehead atoms. The molecule has 2 aromatic heterocycles. The number of carboxylic acid groups (broad SMARTS) is 1. The lowest BCUT2D eigenvalue weighted by molar-refractivity contribution is -0.137. The van der Waals surface area contributed by atoms with Crippen LogP contribution in [0, 0.1) is 5.92 Å². The number of anilines is 1. The van der Waals surface area contributed by atoms with E-state index in [9.17, 15) is 4.79 Å². The molecule has 0 radical (unpaired) electrons. The van der Waals surface area contributed by atoms with Crippen molar-refractivity contribution in [3.8, 4) is 0 Å². The molecule has 1 unspecified atom stereocenters. The van der Waals surface area contributed by atoms with Gasteiger partial charge in [-0.3, -0.25) is 9.20 Å². The van der Waals surface area contributed by atoms with Crippen LogP contribution in [-0.4, -0.2) is 37.2 Å². The number of rotatable bonds is 6. The standard InChI is InChI=1S/C11H15N5O2/c1-8(2-3-9(17)18)6-13-10-11-15-14-7-16(11)5-4-12-10/h4-5,7-8H,2-3,6H2,1H3,(H,12,13)(H,17,18). The topological polar surface area (TPSA) is 92.4 Å². The largest absolute Gasteiger partial charge is 0.481 e. The summed E-state index contributed by atoms with van der Waals surface area (Å²) in [4.78, 5) is 14.7. The van der Waals surface area contributed by atoms with Crippen LogP contribution in [0.2, 0.25) is 0 Å². The zero-order chi connectivity index (χ0) is 13.0. The highest BCUT2D eigenvalue weighted by Gasteiger charge is 2.08. The van der Waals surface area contributed by atoms with Crippen molar-refractivity contribution in [1.29, 1.82) is 0 Å². The maximum Gasteiger partial charge on any atom is 0.303 e. The summed E-state index contributed by atoms with van der Waals surface area (Å²) >= 11 is 0. The number of hydrogen-bond acceptors (Lipinski definition) is 5. The highest BCUT2D eigenvalue weighted by atomic mass is 16.4. The van der Waals surface area contributed by atoms with Gasteiger partial charge >= 0.3 is 5.97 Å². The maximum absolute atomic E-state index is 10.5. The molecule has 0 aliphatic heterocycles. The third kappa shape index (κ3) is 2.93. The van der Waals surface area contributed by atoms with Gasteiger partial charge in [-0.1, -0.05) is 6.92 Å². The van der Waals surface area contributed by atoms with E-state index in [1.807, 2.05) is 6.92 Å². The molecule has 0 aliphatic carbocycles. The molecule has 1 atom stereocenters. The van der Waals surface area contributed by atoms with E-state index in [2.05, 4.69) is 20.5 Å². The number of fused-ring (bicyclic) bond motifs is 1. The minimum atomic E-state index is -0.764. The van der Waals surface area contributed by atoms with Gasteiger partial charge in [-0.15, -0.1) is 10.2 Å². The first-order valence-corrected chi connectivity index (χ1v) is 5.77. The average Bonchev–Trinajstić information content (AvgIpc) is 2.82. The molecule has 0 fully saturated rings. The SMILES string of the molecule is CC(CCC(=O)O)CNc1nccn2cnnc12. The molecule has 7 nitrogen and oxygen atoms in total. The minimum absolute atomic E-state index is 0.186. The van der Waals surface area contributed by atoms with E-state index in [4.69, 9.17) is 5.11 Å². The predicted octanol–water partition coefficient (Wildman–Crippen LogP) is 1.04. The first-order chi connectivity index (χ1) is 8.66. The van der Waals surface area contributed by atoms with Crippen LogP contribution in [0.3, 0.4) is 0 Å². The van der Waals surface area contributed by atoms with E-state index in [1.165, 1.54) is 0 Å². The van der Waals surface area contributed by atoms with Gasteiger partial charge in [0.15, 0.2) is 5.82 Å². The summed E-state index contributed by atoms with van der Waals surface area (Å²) in [7, 11) is 0. The molecule has 0 aliphatic rings. The van der Waals surface area contributed by atoms with Gasteiger partial charge in [0.05, 0.1) is 0 Å². The van der Waals surface area contributed by atoms with Crippen LogP contribution in [0.5, 0.6) is 0 Å². The summed E-state index contributed by atoms with van der Waals surface area (Å²) in [6, 6.07) is 0. The number of nitrogens with one attached hydrogen (secondary N) is 1. The third-order valence-corrected chi connectivity index (χ3v) is 2.68. The van der Waals surface area contributed by atoms with Crippen molar-refractivity contribution in [3.63, 3.8) is 0 Å². The van der Waals surface area contributed by atoms with Gasteiger partial charge in [-0.05, 0) is 12.3 Å². The van der Waals surface area contributed by atoms with Crippen LogP contribution in [0.4, 0.5) is 5.82 Å². The van der Waals surface area contributed by atoms with Crippen molar-refractivity contribution in [1.82, 2.24) is 19.6 Å². The number of aliphatic carboxylic acids is 1. The van der Waals surface area contributed by atoms with E-state index in [0.717, 1.165) is 0 Å². The highest BCUT2D eigenvalue weighted by molar-refractivity contribution is 5.66. The van der Waals surface area contributed by atoms with Gasteiger partial charge in [0.25, 0.3) is 0 Å². The lowest BCUT2D eigenvalue weighted by Gasteiger charge is -2.11. The Morgan fingerprint density at radius 3 is 3.22 bits per heavy atom. The summed E-state index contributed by atoms with van der Waals surface area (Å²) in [6.45, 7) is 2.66. The Bertz CT molecular complexity index is 539. The summed E-state index contributed by atoms with van der Waals surface area (Å²) in [5.41, 5.74) is 0.669. The third-order valence-electron chi connectivity index (χ3n) is 2.68. The van der Waals surface area contributed by atoms with Gasteiger partial charge in [0.1, 0.15) is 6.33 Å². The molecular weight excluding hydrogens is 234 g/mol. The second-order valence-corrected chi connectivity index (χ2v) is 4.26. The predicted molar refractivity (Wildman–Crippen MR) is 65.3 cm³/mol. The molecule has 2 aromatic rings. The fourth-order valence-electron chi connectivity index (χ4n) is 1.63. The summed E-state index contributed by atoms with van der Waals surface area (Å²) in [5.74, 6) is 0.155. The zero-order valence-corrected chi connectivity index (χ0v) is 10.1. The molecule has 0 saturated carbocycles. The van der Waals surface area contributed by atoms with Crippen molar-refractivity contribution in [3.05, 3.63) is 18.7 Å². The van der Waals surface area contributed by atoms with E-state index >= 15 is 0 Å². The van der Waals surface area contributed by atoms with E-state index in [0.29, 0.717) is 24.4 Å².